The van der Waals surface area contributed by atoms with Crippen LogP contribution in [0.1, 0.15) is 42.7 Å². The molecule has 114 valence electrons. The maximum Gasteiger partial charge on any atom is 0.314 e. The summed E-state index contributed by atoms with van der Waals surface area (Å²) in [6.07, 6.45) is 4.29. The fourth-order valence-corrected chi connectivity index (χ4v) is 2.81. The SMILES string of the molecule is NC(=O)CCCNC(=O)NCC1CCCc2ccccc21. The van der Waals surface area contributed by atoms with E-state index < -0.39 is 0 Å². The second-order valence-corrected chi connectivity index (χ2v) is 5.49. The summed E-state index contributed by atoms with van der Waals surface area (Å²) in [6, 6.07) is 8.28. The normalized spacial score (nSPS) is 16.9. The molecule has 5 heteroatoms. The molecule has 0 radical (unpaired) electrons. The van der Waals surface area contributed by atoms with Gasteiger partial charge in [0.2, 0.25) is 5.91 Å². The molecule has 5 nitrogen and oxygen atoms in total. The number of nitrogens with one attached hydrogen (secondary N) is 2. The maximum atomic E-state index is 11.7. The standard InChI is InChI=1S/C16H23N3O2/c17-15(20)9-4-10-18-16(21)19-11-13-7-3-6-12-5-1-2-8-14(12)13/h1-2,5,8,13H,3-4,6-7,9-11H2,(H2,17,20)(H2,18,19,21). The predicted molar refractivity (Wildman–Crippen MR) is 82.0 cm³/mol. The average Bonchev–Trinajstić information content (AvgIpc) is 2.49. The molecule has 0 heterocycles. The van der Waals surface area contributed by atoms with Crippen molar-refractivity contribution < 1.29 is 9.59 Å². The summed E-state index contributed by atoms with van der Waals surface area (Å²) in [4.78, 5) is 22.3. The van der Waals surface area contributed by atoms with Crippen molar-refractivity contribution in [3.63, 3.8) is 0 Å². The Morgan fingerprint density at radius 3 is 2.86 bits per heavy atom. The van der Waals surface area contributed by atoms with Crippen LogP contribution in [-0.4, -0.2) is 25.0 Å². The van der Waals surface area contributed by atoms with Crippen LogP contribution in [0.15, 0.2) is 24.3 Å². The maximum absolute atomic E-state index is 11.7. The Bertz CT molecular complexity index is 502. The molecule has 1 aromatic rings. The number of primary amides is 1. The van der Waals surface area contributed by atoms with E-state index in [2.05, 4.69) is 34.9 Å². The van der Waals surface area contributed by atoms with Gasteiger partial charge in [0, 0.05) is 25.4 Å². The van der Waals surface area contributed by atoms with Crippen molar-refractivity contribution in [1.82, 2.24) is 10.6 Å². The number of amides is 3. The Morgan fingerprint density at radius 1 is 1.24 bits per heavy atom. The van der Waals surface area contributed by atoms with Gasteiger partial charge >= 0.3 is 6.03 Å². The summed E-state index contributed by atoms with van der Waals surface area (Å²) in [5.74, 6) is 0.0577. The molecule has 0 aromatic heterocycles. The number of hydrogen-bond acceptors (Lipinski definition) is 2. The summed E-state index contributed by atoms with van der Waals surface area (Å²) in [6.45, 7) is 1.12. The van der Waals surface area contributed by atoms with Crippen LogP contribution in [0.4, 0.5) is 4.79 Å². The first kappa shape index (κ1) is 15.4. The molecule has 0 saturated carbocycles. The van der Waals surface area contributed by atoms with Crippen LogP contribution in [0, 0.1) is 0 Å². The molecule has 0 bridgehead atoms. The summed E-state index contributed by atoms with van der Waals surface area (Å²) in [5.41, 5.74) is 7.80. The Morgan fingerprint density at radius 2 is 2.05 bits per heavy atom. The zero-order valence-electron chi connectivity index (χ0n) is 12.2. The Labute approximate surface area is 125 Å². The second kappa shape index (κ2) is 7.67. The number of urea groups is 1. The largest absolute Gasteiger partial charge is 0.370 e. The van der Waals surface area contributed by atoms with Crippen LogP contribution in [-0.2, 0) is 11.2 Å². The topological polar surface area (TPSA) is 84.2 Å². The molecule has 0 fully saturated rings. The Kier molecular flexibility index (Phi) is 5.60. The fourth-order valence-electron chi connectivity index (χ4n) is 2.81. The molecule has 1 atom stereocenters. The van der Waals surface area contributed by atoms with Gasteiger partial charge in [-0.3, -0.25) is 4.79 Å². The quantitative estimate of drug-likeness (QED) is 0.696. The van der Waals surface area contributed by atoms with E-state index in [0.717, 1.165) is 12.8 Å². The van der Waals surface area contributed by atoms with Gasteiger partial charge in [0.1, 0.15) is 0 Å². The van der Waals surface area contributed by atoms with Gasteiger partial charge < -0.3 is 16.4 Å². The molecule has 2 rings (SSSR count). The molecular formula is C16H23N3O2. The third-order valence-corrected chi connectivity index (χ3v) is 3.89. The lowest BCUT2D eigenvalue weighted by molar-refractivity contribution is -0.118. The lowest BCUT2D eigenvalue weighted by atomic mass is 9.83. The Hall–Kier alpha value is -2.04. The number of aryl methyl sites for hydroxylation is 1. The van der Waals surface area contributed by atoms with E-state index >= 15 is 0 Å². The van der Waals surface area contributed by atoms with Crippen LogP contribution >= 0.6 is 0 Å². The number of benzene rings is 1. The van der Waals surface area contributed by atoms with Gasteiger partial charge in [-0.1, -0.05) is 24.3 Å². The van der Waals surface area contributed by atoms with Crippen molar-refractivity contribution in [2.45, 2.75) is 38.0 Å². The zero-order valence-corrected chi connectivity index (χ0v) is 12.2. The number of fused-ring (bicyclic) bond motifs is 1. The number of nitrogens with two attached hydrogens (primary N) is 1. The molecular weight excluding hydrogens is 266 g/mol. The van der Waals surface area contributed by atoms with Gasteiger partial charge in [-0.2, -0.15) is 0 Å². The van der Waals surface area contributed by atoms with Crippen LogP contribution in [0.25, 0.3) is 0 Å². The Balaban J connectivity index is 1.74. The highest BCUT2D eigenvalue weighted by Gasteiger charge is 2.19. The minimum atomic E-state index is -0.337. The summed E-state index contributed by atoms with van der Waals surface area (Å²) in [7, 11) is 0. The lowest BCUT2D eigenvalue weighted by Crippen LogP contribution is -2.38. The van der Waals surface area contributed by atoms with E-state index in [-0.39, 0.29) is 11.9 Å². The lowest BCUT2D eigenvalue weighted by Gasteiger charge is -2.25. The van der Waals surface area contributed by atoms with Gasteiger partial charge in [-0.25, -0.2) is 4.79 Å². The number of carbonyl (C=O) groups is 2. The number of hydrogen-bond donors (Lipinski definition) is 3. The monoisotopic (exact) mass is 289 g/mol. The van der Waals surface area contributed by atoms with E-state index in [4.69, 9.17) is 5.73 Å². The van der Waals surface area contributed by atoms with Crippen LogP contribution < -0.4 is 16.4 Å². The number of rotatable bonds is 6. The van der Waals surface area contributed by atoms with Gasteiger partial charge in [0.05, 0.1) is 0 Å². The van der Waals surface area contributed by atoms with E-state index in [1.54, 1.807) is 0 Å². The van der Waals surface area contributed by atoms with E-state index in [9.17, 15) is 9.59 Å². The van der Waals surface area contributed by atoms with Crippen molar-refractivity contribution in [3.8, 4) is 0 Å². The van der Waals surface area contributed by atoms with Crippen molar-refractivity contribution in [2.24, 2.45) is 5.73 Å². The minimum absolute atomic E-state index is 0.178. The fraction of sp³-hybridized carbons (Fsp3) is 0.500. The smallest absolute Gasteiger partial charge is 0.314 e. The molecule has 0 aliphatic heterocycles. The third-order valence-electron chi connectivity index (χ3n) is 3.89. The van der Waals surface area contributed by atoms with Crippen LogP contribution in [0.5, 0.6) is 0 Å². The second-order valence-electron chi connectivity index (χ2n) is 5.49. The third kappa shape index (κ3) is 4.77. The molecule has 0 spiro atoms. The first-order valence-corrected chi connectivity index (χ1v) is 7.54. The number of carbonyl (C=O) groups excluding carboxylic acids is 2. The van der Waals surface area contributed by atoms with Crippen molar-refractivity contribution in [3.05, 3.63) is 35.4 Å². The average molecular weight is 289 g/mol. The summed E-state index contributed by atoms with van der Waals surface area (Å²) >= 11 is 0. The van der Waals surface area contributed by atoms with E-state index in [0.29, 0.717) is 31.8 Å². The summed E-state index contributed by atoms with van der Waals surface area (Å²) in [5, 5.41) is 5.66. The van der Waals surface area contributed by atoms with Gasteiger partial charge in [0.25, 0.3) is 0 Å². The molecule has 3 amide bonds. The molecule has 1 unspecified atom stereocenters. The minimum Gasteiger partial charge on any atom is -0.370 e. The van der Waals surface area contributed by atoms with Gasteiger partial charge in [-0.05, 0) is 36.8 Å². The first-order valence-electron chi connectivity index (χ1n) is 7.54. The van der Waals surface area contributed by atoms with Crippen molar-refractivity contribution in [1.29, 1.82) is 0 Å². The van der Waals surface area contributed by atoms with Gasteiger partial charge in [0.15, 0.2) is 0 Å². The van der Waals surface area contributed by atoms with Crippen LogP contribution in [0.2, 0.25) is 0 Å². The van der Waals surface area contributed by atoms with E-state index in [1.807, 2.05) is 0 Å². The molecule has 1 aliphatic rings. The summed E-state index contributed by atoms with van der Waals surface area (Å²) < 4.78 is 0. The molecule has 4 N–H and O–H groups in total. The van der Waals surface area contributed by atoms with Crippen molar-refractivity contribution in [2.75, 3.05) is 13.1 Å². The first-order chi connectivity index (χ1) is 10.2. The predicted octanol–water partition coefficient (Wildman–Crippen LogP) is 1.67. The molecule has 21 heavy (non-hydrogen) atoms. The molecule has 1 aromatic carbocycles. The highest BCUT2D eigenvalue weighted by molar-refractivity contribution is 5.75. The molecule has 1 aliphatic carbocycles. The van der Waals surface area contributed by atoms with Gasteiger partial charge in [-0.15, -0.1) is 0 Å². The van der Waals surface area contributed by atoms with Crippen molar-refractivity contribution >= 4 is 11.9 Å². The zero-order chi connectivity index (χ0) is 15.1. The molecule has 0 saturated heterocycles. The van der Waals surface area contributed by atoms with E-state index in [1.165, 1.54) is 17.5 Å². The van der Waals surface area contributed by atoms with Crippen LogP contribution in [0.3, 0.4) is 0 Å². The highest BCUT2D eigenvalue weighted by atomic mass is 16.2. The highest BCUT2D eigenvalue weighted by Crippen LogP contribution is 2.30.